The minimum atomic E-state index is -0.336. The van der Waals surface area contributed by atoms with Gasteiger partial charge in [-0.1, -0.05) is 6.07 Å². The van der Waals surface area contributed by atoms with Gasteiger partial charge in [-0.25, -0.2) is 4.39 Å². The van der Waals surface area contributed by atoms with Gasteiger partial charge in [0, 0.05) is 17.5 Å². The third kappa shape index (κ3) is 1.85. The van der Waals surface area contributed by atoms with Crippen LogP contribution in [0.15, 0.2) is 12.1 Å². The quantitative estimate of drug-likeness (QED) is 0.832. The maximum absolute atomic E-state index is 13.8. The van der Waals surface area contributed by atoms with Crippen LogP contribution >= 0.6 is 0 Å². The van der Waals surface area contributed by atoms with Crippen molar-refractivity contribution >= 4 is 0 Å². The van der Waals surface area contributed by atoms with Crippen LogP contribution in [0.4, 0.5) is 4.39 Å². The normalized spacial score (nSPS) is 27.0. The van der Waals surface area contributed by atoms with E-state index in [4.69, 9.17) is 9.47 Å². The lowest BCUT2D eigenvalue weighted by atomic mass is 9.89. The number of hydrogen-bond donors (Lipinski definition) is 1. The van der Waals surface area contributed by atoms with Crippen LogP contribution in [0, 0.1) is 5.82 Å². The second-order valence-electron chi connectivity index (χ2n) is 5.17. The molecule has 1 unspecified atom stereocenters. The molecule has 18 heavy (non-hydrogen) atoms. The van der Waals surface area contributed by atoms with Crippen molar-refractivity contribution in [1.29, 1.82) is 0 Å². The lowest BCUT2D eigenvalue weighted by molar-refractivity contribution is 0.290. The summed E-state index contributed by atoms with van der Waals surface area (Å²) in [5.41, 5.74) is 0.879. The van der Waals surface area contributed by atoms with Gasteiger partial charge in [0.2, 0.25) is 0 Å². The summed E-state index contributed by atoms with van der Waals surface area (Å²) in [5, 5.41) is 3.48. The molecule has 1 fully saturated rings. The van der Waals surface area contributed by atoms with Crippen LogP contribution in [-0.2, 0) is 5.54 Å². The molecule has 2 aliphatic rings. The average molecular weight is 251 g/mol. The van der Waals surface area contributed by atoms with Crippen molar-refractivity contribution < 1.29 is 13.9 Å². The molecule has 2 heterocycles. The summed E-state index contributed by atoms with van der Waals surface area (Å²) in [6.45, 7) is 4.22. The standard InChI is InChI=1S/C14H18FNO2/c1-14(6-2-7-16-14)10-4-5-11(15)13-12(10)17-8-3-9-18-13/h4-5,16H,2-3,6-9H2,1H3. The van der Waals surface area contributed by atoms with Gasteiger partial charge in [0.05, 0.1) is 13.2 Å². The summed E-state index contributed by atoms with van der Waals surface area (Å²) in [7, 11) is 0. The van der Waals surface area contributed by atoms with E-state index >= 15 is 0 Å². The highest BCUT2D eigenvalue weighted by atomic mass is 19.1. The van der Waals surface area contributed by atoms with E-state index in [1.54, 1.807) is 0 Å². The molecule has 3 nitrogen and oxygen atoms in total. The Morgan fingerprint density at radius 2 is 1.94 bits per heavy atom. The van der Waals surface area contributed by atoms with Gasteiger partial charge in [0.1, 0.15) is 0 Å². The zero-order valence-corrected chi connectivity index (χ0v) is 10.6. The summed E-state index contributed by atoms with van der Waals surface area (Å²) >= 11 is 0. The van der Waals surface area contributed by atoms with Crippen LogP contribution in [0.3, 0.4) is 0 Å². The van der Waals surface area contributed by atoms with E-state index in [0.717, 1.165) is 31.4 Å². The van der Waals surface area contributed by atoms with Crippen molar-refractivity contribution in [3.8, 4) is 11.5 Å². The topological polar surface area (TPSA) is 30.5 Å². The van der Waals surface area contributed by atoms with Crippen LogP contribution in [0.5, 0.6) is 11.5 Å². The fraction of sp³-hybridized carbons (Fsp3) is 0.571. The summed E-state index contributed by atoms with van der Waals surface area (Å²) < 4.78 is 25.0. The SMILES string of the molecule is CC1(c2ccc(F)c3c2OCCCO3)CCCN1. The molecule has 0 bridgehead atoms. The van der Waals surface area contributed by atoms with E-state index in [2.05, 4.69) is 12.2 Å². The summed E-state index contributed by atoms with van der Waals surface area (Å²) in [6.07, 6.45) is 2.95. The van der Waals surface area contributed by atoms with Crippen LogP contribution in [-0.4, -0.2) is 19.8 Å². The molecular weight excluding hydrogens is 233 g/mol. The largest absolute Gasteiger partial charge is 0.489 e. The maximum Gasteiger partial charge on any atom is 0.197 e. The Balaban J connectivity index is 2.10. The van der Waals surface area contributed by atoms with Crippen molar-refractivity contribution in [1.82, 2.24) is 5.32 Å². The predicted octanol–water partition coefficient (Wildman–Crippen LogP) is 2.59. The first-order valence-corrected chi connectivity index (χ1v) is 6.54. The molecule has 1 aromatic carbocycles. The molecular formula is C14H18FNO2. The van der Waals surface area contributed by atoms with Gasteiger partial charge >= 0.3 is 0 Å². The number of halogens is 1. The third-order valence-corrected chi connectivity index (χ3v) is 3.81. The first-order chi connectivity index (χ1) is 8.71. The highest BCUT2D eigenvalue weighted by Gasteiger charge is 2.35. The lowest BCUT2D eigenvalue weighted by Gasteiger charge is -2.27. The molecule has 4 heteroatoms. The molecule has 0 radical (unpaired) electrons. The molecule has 0 amide bonds. The van der Waals surface area contributed by atoms with Gasteiger partial charge in [-0.15, -0.1) is 0 Å². The first-order valence-electron chi connectivity index (χ1n) is 6.54. The maximum atomic E-state index is 13.8. The van der Waals surface area contributed by atoms with Crippen molar-refractivity contribution in [3.05, 3.63) is 23.5 Å². The van der Waals surface area contributed by atoms with Crippen molar-refractivity contribution in [3.63, 3.8) is 0 Å². The summed E-state index contributed by atoms with van der Waals surface area (Å²) in [5.74, 6) is 0.529. The lowest BCUT2D eigenvalue weighted by Crippen LogP contribution is -2.33. The molecule has 1 aromatic rings. The number of rotatable bonds is 1. The van der Waals surface area contributed by atoms with Crippen molar-refractivity contribution in [2.45, 2.75) is 31.7 Å². The van der Waals surface area contributed by atoms with Crippen LogP contribution in [0.1, 0.15) is 31.7 Å². The van der Waals surface area contributed by atoms with Crippen LogP contribution < -0.4 is 14.8 Å². The smallest absolute Gasteiger partial charge is 0.197 e. The minimum absolute atomic E-state index is 0.133. The molecule has 0 aliphatic carbocycles. The zero-order valence-electron chi connectivity index (χ0n) is 10.6. The molecule has 0 aromatic heterocycles. The predicted molar refractivity (Wildman–Crippen MR) is 66.6 cm³/mol. The number of nitrogens with one attached hydrogen (secondary N) is 1. The summed E-state index contributed by atoms with van der Waals surface area (Å²) in [6, 6.07) is 3.30. The molecule has 1 saturated heterocycles. The summed E-state index contributed by atoms with van der Waals surface area (Å²) in [4.78, 5) is 0. The Labute approximate surface area is 106 Å². The monoisotopic (exact) mass is 251 g/mol. The fourth-order valence-corrected chi connectivity index (χ4v) is 2.78. The van der Waals surface area contributed by atoms with E-state index < -0.39 is 0 Å². The Morgan fingerprint density at radius 1 is 1.17 bits per heavy atom. The van der Waals surface area contributed by atoms with E-state index in [1.165, 1.54) is 6.07 Å². The van der Waals surface area contributed by atoms with Gasteiger partial charge in [0.15, 0.2) is 17.3 Å². The highest BCUT2D eigenvalue weighted by molar-refractivity contribution is 5.51. The van der Waals surface area contributed by atoms with Crippen molar-refractivity contribution in [2.24, 2.45) is 0 Å². The molecule has 3 rings (SSSR count). The van der Waals surface area contributed by atoms with Gasteiger partial charge < -0.3 is 14.8 Å². The van der Waals surface area contributed by atoms with Gasteiger partial charge in [-0.3, -0.25) is 0 Å². The Kier molecular flexibility index (Phi) is 2.90. The van der Waals surface area contributed by atoms with E-state index in [1.807, 2.05) is 6.07 Å². The zero-order chi connectivity index (χ0) is 12.6. The number of hydrogen-bond acceptors (Lipinski definition) is 3. The number of ether oxygens (including phenoxy) is 2. The number of benzene rings is 1. The van der Waals surface area contributed by atoms with E-state index in [9.17, 15) is 4.39 Å². The molecule has 0 spiro atoms. The first kappa shape index (κ1) is 11.8. The molecule has 1 atom stereocenters. The highest BCUT2D eigenvalue weighted by Crippen LogP contribution is 2.43. The Bertz CT molecular complexity index is 455. The molecule has 98 valence electrons. The van der Waals surface area contributed by atoms with Crippen LogP contribution in [0.25, 0.3) is 0 Å². The van der Waals surface area contributed by atoms with Gasteiger partial charge in [-0.05, 0) is 32.4 Å². The average Bonchev–Trinajstić information content (AvgIpc) is 2.65. The second-order valence-corrected chi connectivity index (χ2v) is 5.17. The second kappa shape index (κ2) is 4.43. The minimum Gasteiger partial charge on any atom is -0.489 e. The van der Waals surface area contributed by atoms with E-state index in [0.29, 0.717) is 19.0 Å². The Hall–Kier alpha value is -1.29. The third-order valence-electron chi connectivity index (χ3n) is 3.81. The molecule has 0 saturated carbocycles. The van der Waals surface area contributed by atoms with Gasteiger partial charge in [0.25, 0.3) is 0 Å². The van der Waals surface area contributed by atoms with Crippen LogP contribution in [0.2, 0.25) is 0 Å². The Morgan fingerprint density at radius 3 is 2.67 bits per heavy atom. The fourth-order valence-electron chi connectivity index (χ4n) is 2.78. The molecule has 2 aliphatic heterocycles. The van der Waals surface area contributed by atoms with Crippen molar-refractivity contribution in [2.75, 3.05) is 19.8 Å². The van der Waals surface area contributed by atoms with Gasteiger partial charge in [-0.2, -0.15) is 0 Å². The number of fused-ring (bicyclic) bond motifs is 1. The van der Waals surface area contributed by atoms with E-state index in [-0.39, 0.29) is 17.1 Å². The molecule has 1 N–H and O–H groups in total.